The molecule has 1 aromatic carbocycles. The maximum absolute atomic E-state index is 12.2. The maximum atomic E-state index is 12.2. The number of benzene rings is 1. The van der Waals surface area contributed by atoms with Crippen LogP contribution >= 0.6 is 11.3 Å². The lowest BCUT2D eigenvalue weighted by molar-refractivity contribution is -0.0501. The van der Waals surface area contributed by atoms with Crippen molar-refractivity contribution in [3.05, 3.63) is 46.4 Å². The van der Waals surface area contributed by atoms with Crippen molar-refractivity contribution >= 4 is 17.1 Å². The number of Topliss-reactive ketones (excluding diaryl/α,β-unsaturated/α-hetero) is 1. The van der Waals surface area contributed by atoms with E-state index in [0.29, 0.717) is 0 Å². The number of carbonyl (C=O) groups excluding carboxylic acids is 1. The molecule has 1 aromatic heterocycles. The number of thiazole rings is 1. The Morgan fingerprint density at radius 2 is 2.17 bits per heavy atom. The van der Waals surface area contributed by atoms with Crippen LogP contribution in [0.25, 0.3) is 0 Å². The van der Waals surface area contributed by atoms with E-state index >= 15 is 0 Å². The molecule has 6 heteroatoms. The van der Waals surface area contributed by atoms with Gasteiger partial charge in [-0.1, -0.05) is 12.1 Å². The van der Waals surface area contributed by atoms with E-state index in [1.807, 2.05) is 0 Å². The molecule has 0 amide bonds. The first kappa shape index (κ1) is 12.6. The van der Waals surface area contributed by atoms with Gasteiger partial charge in [-0.25, -0.2) is 0 Å². The van der Waals surface area contributed by atoms with Crippen molar-refractivity contribution in [2.45, 2.75) is 13.0 Å². The van der Waals surface area contributed by atoms with E-state index in [2.05, 4.69) is 9.72 Å². The van der Waals surface area contributed by atoms with Crippen LogP contribution in [0, 0.1) is 0 Å². The molecule has 1 heterocycles. The highest BCUT2D eigenvalue weighted by atomic mass is 32.1. The third-order valence-corrected chi connectivity index (χ3v) is 3.00. The average molecular weight is 269 g/mol. The lowest BCUT2D eigenvalue weighted by atomic mass is 10.1. The Bertz CT molecular complexity index is 529. The van der Waals surface area contributed by atoms with Crippen LogP contribution in [0.1, 0.15) is 15.2 Å². The number of ketones is 1. The highest BCUT2D eigenvalue weighted by Gasteiger charge is 2.15. The van der Waals surface area contributed by atoms with Crippen LogP contribution < -0.4 is 4.74 Å². The predicted octanol–water partition coefficient (Wildman–Crippen LogP) is 3.17. The number of carbonyl (C=O) groups is 1. The van der Waals surface area contributed by atoms with E-state index in [-0.39, 0.29) is 23.5 Å². The first-order chi connectivity index (χ1) is 8.66. The fourth-order valence-corrected chi connectivity index (χ4v) is 2.07. The standard InChI is InChI=1S/C12H9F2NO2S/c13-12(14)17-11-4-2-1-3-9(11)10(16)5-8-6-15-7-18-8/h1-4,6-7,12H,5H2. The van der Waals surface area contributed by atoms with Crippen LogP contribution in [0.3, 0.4) is 0 Å². The van der Waals surface area contributed by atoms with Gasteiger partial charge in [0.1, 0.15) is 5.75 Å². The fraction of sp³-hybridized carbons (Fsp3) is 0.167. The molecule has 0 aliphatic rings. The number of nitrogens with zero attached hydrogens (tertiary/aromatic N) is 1. The topological polar surface area (TPSA) is 39.2 Å². The summed E-state index contributed by atoms with van der Waals surface area (Å²) < 4.78 is 28.7. The molecule has 0 spiro atoms. The van der Waals surface area contributed by atoms with Crippen LogP contribution in [0.5, 0.6) is 5.75 Å². The van der Waals surface area contributed by atoms with Gasteiger partial charge in [0.25, 0.3) is 0 Å². The number of alkyl halides is 2. The largest absolute Gasteiger partial charge is 0.434 e. The summed E-state index contributed by atoms with van der Waals surface area (Å²) in [6, 6.07) is 5.98. The summed E-state index contributed by atoms with van der Waals surface area (Å²) in [6.45, 7) is -2.94. The SMILES string of the molecule is O=C(Cc1cncs1)c1ccccc1OC(F)F. The van der Waals surface area contributed by atoms with Gasteiger partial charge in [-0.05, 0) is 12.1 Å². The minimum atomic E-state index is -2.94. The summed E-state index contributed by atoms with van der Waals surface area (Å²) in [5.41, 5.74) is 1.77. The molecule has 2 rings (SSSR count). The summed E-state index contributed by atoms with van der Waals surface area (Å²) in [6.07, 6.45) is 1.72. The van der Waals surface area contributed by atoms with Crippen molar-refractivity contribution in [2.24, 2.45) is 0 Å². The zero-order valence-corrected chi connectivity index (χ0v) is 9.99. The monoisotopic (exact) mass is 269 g/mol. The highest BCUT2D eigenvalue weighted by molar-refractivity contribution is 7.09. The molecule has 0 saturated heterocycles. The molecule has 3 nitrogen and oxygen atoms in total. The number of halogens is 2. The highest BCUT2D eigenvalue weighted by Crippen LogP contribution is 2.22. The molecule has 0 saturated carbocycles. The first-order valence-corrected chi connectivity index (χ1v) is 5.99. The van der Waals surface area contributed by atoms with Gasteiger partial charge in [-0.15, -0.1) is 11.3 Å². The first-order valence-electron chi connectivity index (χ1n) is 5.11. The average Bonchev–Trinajstić information content (AvgIpc) is 2.81. The van der Waals surface area contributed by atoms with Gasteiger partial charge in [0, 0.05) is 17.5 Å². The predicted molar refractivity (Wildman–Crippen MR) is 63.2 cm³/mol. The second-order valence-corrected chi connectivity index (χ2v) is 4.41. The lowest BCUT2D eigenvalue weighted by Gasteiger charge is -2.08. The zero-order valence-electron chi connectivity index (χ0n) is 9.18. The van der Waals surface area contributed by atoms with E-state index in [4.69, 9.17) is 0 Å². The van der Waals surface area contributed by atoms with E-state index in [1.54, 1.807) is 23.8 Å². The molecule has 0 aliphatic heterocycles. The van der Waals surface area contributed by atoms with Gasteiger partial charge in [0.05, 0.1) is 11.1 Å². The van der Waals surface area contributed by atoms with E-state index in [9.17, 15) is 13.6 Å². The quantitative estimate of drug-likeness (QED) is 0.783. The summed E-state index contributed by atoms with van der Waals surface area (Å²) in [7, 11) is 0. The Kier molecular flexibility index (Phi) is 3.99. The molecular weight excluding hydrogens is 260 g/mol. The van der Waals surface area contributed by atoms with Gasteiger partial charge in [0.15, 0.2) is 5.78 Å². The third kappa shape index (κ3) is 3.10. The van der Waals surface area contributed by atoms with Gasteiger partial charge >= 0.3 is 6.61 Å². The molecule has 0 fully saturated rings. The Morgan fingerprint density at radius 1 is 1.39 bits per heavy atom. The number of rotatable bonds is 5. The number of para-hydroxylation sites is 1. The fourth-order valence-electron chi connectivity index (χ4n) is 1.48. The van der Waals surface area contributed by atoms with Crippen molar-refractivity contribution in [2.75, 3.05) is 0 Å². The molecule has 0 unspecified atom stereocenters. The van der Waals surface area contributed by atoms with E-state index < -0.39 is 6.61 Å². The van der Waals surface area contributed by atoms with Crippen molar-refractivity contribution in [1.82, 2.24) is 4.98 Å². The number of hydrogen-bond acceptors (Lipinski definition) is 4. The van der Waals surface area contributed by atoms with Gasteiger partial charge in [-0.3, -0.25) is 9.78 Å². The maximum Gasteiger partial charge on any atom is 0.387 e. The summed E-state index contributed by atoms with van der Waals surface area (Å²) in [5, 5.41) is 0. The summed E-state index contributed by atoms with van der Waals surface area (Å²) in [5.74, 6) is -0.363. The molecule has 0 aliphatic carbocycles. The van der Waals surface area contributed by atoms with Crippen molar-refractivity contribution in [1.29, 1.82) is 0 Å². The molecule has 18 heavy (non-hydrogen) atoms. The van der Waals surface area contributed by atoms with Gasteiger partial charge < -0.3 is 4.74 Å². The third-order valence-electron chi connectivity index (χ3n) is 2.22. The van der Waals surface area contributed by atoms with Crippen molar-refractivity contribution < 1.29 is 18.3 Å². The lowest BCUT2D eigenvalue weighted by Crippen LogP contribution is -2.09. The van der Waals surface area contributed by atoms with Crippen LogP contribution in [0.2, 0.25) is 0 Å². The van der Waals surface area contributed by atoms with Gasteiger partial charge in [-0.2, -0.15) is 8.78 Å². The number of aromatic nitrogens is 1. The Labute approximate surface area is 106 Å². The zero-order chi connectivity index (χ0) is 13.0. The normalized spacial score (nSPS) is 10.6. The molecule has 94 valence electrons. The van der Waals surface area contributed by atoms with E-state index in [0.717, 1.165) is 4.88 Å². The number of ether oxygens (including phenoxy) is 1. The van der Waals surface area contributed by atoms with Crippen molar-refractivity contribution in [3.8, 4) is 5.75 Å². The second-order valence-electron chi connectivity index (χ2n) is 3.44. The summed E-state index contributed by atoms with van der Waals surface area (Å²) >= 11 is 1.34. The van der Waals surface area contributed by atoms with Crippen LogP contribution in [-0.4, -0.2) is 17.4 Å². The van der Waals surface area contributed by atoms with Crippen LogP contribution in [-0.2, 0) is 6.42 Å². The second kappa shape index (κ2) is 5.68. The molecule has 0 bridgehead atoms. The van der Waals surface area contributed by atoms with Gasteiger partial charge in [0.2, 0.25) is 0 Å². The minimum absolute atomic E-state index is 0.0954. The van der Waals surface area contributed by atoms with Crippen LogP contribution in [0.4, 0.5) is 8.78 Å². The summed E-state index contributed by atoms with van der Waals surface area (Å²) in [4.78, 5) is 16.6. The Hall–Kier alpha value is -1.82. The Balaban J connectivity index is 2.19. The van der Waals surface area contributed by atoms with Crippen molar-refractivity contribution in [3.63, 3.8) is 0 Å². The minimum Gasteiger partial charge on any atom is -0.434 e. The Morgan fingerprint density at radius 3 is 2.83 bits per heavy atom. The van der Waals surface area contributed by atoms with E-state index in [1.165, 1.54) is 23.5 Å². The molecular formula is C12H9F2NO2S. The molecule has 0 N–H and O–H groups in total. The molecule has 0 radical (unpaired) electrons. The number of hydrogen-bond donors (Lipinski definition) is 0. The molecule has 2 aromatic rings. The van der Waals surface area contributed by atoms with Crippen LogP contribution in [0.15, 0.2) is 36.0 Å². The smallest absolute Gasteiger partial charge is 0.387 e. The molecule has 0 atom stereocenters.